The molecule has 0 aliphatic heterocycles. The Morgan fingerprint density at radius 2 is 1.00 bits per heavy atom. The van der Waals surface area contributed by atoms with Gasteiger partial charge >= 0.3 is 0 Å². The highest BCUT2D eigenvalue weighted by Crippen LogP contribution is 2.31. The molecule has 1 fully saturated rings. The summed E-state index contributed by atoms with van der Waals surface area (Å²) in [6.07, 6.45) is 0. The molecule has 1 aliphatic carbocycles. The zero-order valence-corrected chi connectivity index (χ0v) is 4.46. The van der Waals surface area contributed by atoms with Gasteiger partial charge in [0.1, 0.15) is 11.3 Å². The van der Waals surface area contributed by atoms with Gasteiger partial charge in [0.2, 0.25) is 0 Å². The molecule has 0 aromatic carbocycles. The molecular weight excluding hydrogens is 106 g/mol. The number of hydrogen-bond acceptors (Lipinski definition) is 5. The quantitative estimate of drug-likeness (QED) is 0.211. The first-order chi connectivity index (χ1) is 3.40. The van der Waals surface area contributed by atoms with Crippen LogP contribution in [0.5, 0.6) is 0 Å². The predicted molar refractivity (Wildman–Crippen MR) is 30.2 cm³/mol. The zero-order valence-electron chi connectivity index (χ0n) is 4.46. The van der Waals surface area contributed by atoms with Crippen LogP contribution in [-0.2, 0) is 0 Å². The van der Waals surface area contributed by atoms with E-state index in [0.29, 0.717) is 0 Å². The van der Waals surface area contributed by atoms with Gasteiger partial charge in [-0.05, 0) is 0 Å². The Balaban J connectivity index is 2.72. The molecule has 0 saturated heterocycles. The van der Waals surface area contributed by atoms with Gasteiger partial charge in [-0.1, -0.05) is 0 Å². The minimum absolute atomic E-state index is 0.477. The molecule has 10 N–H and O–H groups in total. The van der Waals surface area contributed by atoms with E-state index in [2.05, 4.69) is 0 Å². The second kappa shape index (κ2) is 1.04. The van der Waals surface area contributed by atoms with Crippen LogP contribution in [0.2, 0.25) is 0 Å². The maximum atomic E-state index is 5.29. The molecule has 0 bridgehead atoms. The van der Waals surface area contributed by atoms with Crippen LogP contribution in [0.3, 0.4) is 0 Å². The summed E-state index contributed by atoms with van der Waals surface area (Å²) in [5, 5.41) is 0. The van der Waals surface area contributed by atoms with E-state index < -0.39 is 17.4 Å². The molecule has 0 atom stereocenters. The summed E-state index contributed by atoms with van der Waals surface area (Å²) in [6.45, 7) is 0. The summed E-state index contributed by atoms with van der Waals surface area (Å²) in [5.74, 6) is 0. The molecule has 48 valence electrons. The van der Waals surface area contributed by atoms with Crippen molar-refractivity contribution in [3.05, 3.63) is 0 Å². The van der Waals surface area contributed by atoms with Crippen LogP contribution in [0, 0.1) is 0 Å². The van der Waals surface area contributed by atoms with Gasteiger partial charge in [0.25, 0.3) is 0 Å². The van der Waals surface area contributed by atoms with Crippen molar-refractivity contribution in [1.82, 2.24) is 0 Å². The Morgan fingerprint density at radius 3 is 1.00 bits per heavy atom. The minimum atomic E-state index is -1.06. The molecule has 0 radical (unpaired) electrons. The summed E-state index contributed by atoms with van der Waals surface area (Å²) >= 11 is 0. The van der Waals surface area contributed by atoms with Crippen LogP contribution in [0.1, 0.15) is 0 Å². The normalized spacial score (nSPS) is 32.6. The van der Waals surface area contributed by atoms with Crippen LogP contribution in [0.4, 0.5) is 0 Å². The van der Waals surface area contributed by atoms with E-state index in [1.165, 1.54) is 0 Å². The highest BCUT2D eigenvalue weighted by atomic mass is 15.3. The summed E-state index contributed by atoms with van der Waals surface area (Å²) in [6, 6.07) is -0.477. The molecule has 0 spiro atoms. The fourth-order valence-corrected chi connectivity index (χ4v) is 0.600. The first-order valence-corrected chi connectivity index (χ1v) is 2.32. The second-order valence-corrected chi connectivity index (χ2v) is 2.34. The summed E-state index contributed by atoms with van der Waals surface area (Å²) < 4.78 is 0. The lowest BCUT2D eigenvalue weighted by molar-refractivity contribution is 0.559. The van der Waals surface area contributed by atoms with Crippen LogP contribution in [-0.4, -0.2) is 17.4 Å². The van der Waals surface area contributed by atoms with Gasteiger partial charge in [-0.2, -0.15) is 0 Å². The van der Waals surface area contributed by atoms with Crippen molar-refractivity contribution >= 4 is 0 Å². The molecule has 0 unspecified atom stereocenters. The van der Waals surface area contributed by atoms with Crippen molar-refractivity contribution < 1.29 is 0 Å². The molecule has 1 rings (SSSR count). The fraction of sp³-hybridized carbons (Fsp3) is 1.00. The van der Waals surface area contributed by atoms with Crippen LogP contribution < -0.4 is 28.7 Å². The van der Waals surface area contributed by atoms with E-state index in [9.17, 15) is 0 Å². The van der Waals surface area contributed by atoms with Crippen molar-refractivity contribution in [3.63, 3.8) is 0 Å². The van der Waals surface area contributed by atoms with Gasteiger partial charge < -0.3 is 28.7 Å². The smallest absolute Gasteiger partial charge is 0.116 e. The van der Waals surface area contributed by atoms with E-state index in [1.807, 2.05) is 0 Å². The molecule has 1 aliphatic rings. The molecule has 0 aromatic rings. The van der Waals surface area contributed by atoms with Gasteiger partial charge in [0.15, 0.2) is 0 Å². The van der Waals surface area contributed by atoms with E-state index in [-0.39, 0.29) is 0 Å². The lowest BCUT2D eigenvalue weighted by atomic mass is 10.4. The van der Waals surface area contributed by atoms with Gasteiger partial charge in [0.05, 0.1) is 6.04 Å². The number of rotatable bonds is 0. The largest absolute Gasteiger partial charge is 0.322 e. The molecule has 0 aromatic heterocycles. The first kappa shape index (κ1) is 5.93. The molecular formula is C3H11N5. The maximum Gasteiger partial charge on any atom is 0.116 e. The van der Waals surface area contributed by atoms with Crippen LogP contribution in [0.15, 0.2) is 0 Å². The van der Waals surface area contributed by atoms with Gasteiger partial charge in [0, 0.05) is 0 Å². The number of hydrogen-bond donors (Lipinski definition) is 5. The van der Waals surface area contributed by atoms with Crippen molar-refractivity contribution in [2.45, 2.75) is 17.4 Å². The second-order valence-electron chi connectivity index (χ2n) is 2.34. The molecule has 1 saturated carbocycles. The monoisotopic (exact) mass is 117 g/mol. The first-order valence-electron chi connectivity index (χ1n) is 2.32. The van der Waals surface area contributed by atoms with Crippen molar-refractivity contribution in [1.29, 1.82) is 0 Å². The third-order valence-corrected chi connectivity index (χ3v) is 1.70. The van der Waals surface area contributed by atoms with Gasteiger partial charge in [-0.15, -0.1) is 0 Å². The van der Waals surface area contributed by atoms with Gasteiger partial charge in [-0.25, -0.2) is 0 Å². The van der Waals surface area contributed by atoms with Crippen molar-refractivity contribution in [2.75, 3.05) is 0 Å². The SMILES string of the molecule is NC1C(N)(N)C1(N)N. The predicted octanol–water partition coefficient (Wildman–Crippen LogP) is -3.45. The topological polar surface area (TPSA) is 130 Å². The van der Waals surface area contributed by atoms with Crippen molar-refractivity contribution in [3.8, 4) is 0 Å². The molecule has 8 heavy (non-hydrogen) atoms. The third-order valence-electron chi connectivity index (χ3n) is 1.70. The van der Waals surface area contributed by atoms with Crippen molar-refractivity contribution in [2.24, 2.45) is 28.7 Å². The highest BCUT2D eigenvalue weighted by molar-refractivity contribution is 5.29. The molecule has 0 heterocycles. The third kappa shape index (κ3) is 0.378. The van der Waals surface area contributed by atoms with E-state index in [4.69, 9.17) is 28.7 Å². The average molecular weight is 117 g/mol. The van der Waals surface area contributed by atoms with E-state index in [0.717, 1.165) is 0 Å². The lowest BCUT2D eigenvalue weighted by Crippen LogP contribution is -2.53. The van der Waals surface area contributed by atoms with E-state index >= 15 is 0 Å². The Labute approximate surface area is 47.2 Å². The Hall–Kier alpha value is -0.200. The maximum absolute atomic E-state index is 5.29. The molecule has 5 heteroatoms. The lowest BCUT2D eigenvalue weighted by Gasteiger charge is -2.04. The summed E-state index contributed by atoms with van der Waals surface area (Å²) in [7, 11) is 0. The Bertz CT molecular complexity index is 103. The Morgan fingerprint density at radius 1 is 0.875 bits per heavy atom. The minimum Gasteiger partial charge on any atom is -0.322 e. The standard InChI is InChI=1S/C3H11N5/c4-1-2(5,6)3(1,7)8/h1H,4-8H2. The average Bonchev–Trinajstić information content (AvgIpc) is 1.88. The van der Waals surface area contributed by atoms with Gasteiger partial charge in [-0.3, -0.25) is 0 Å². The zero-order chi connectivity index (χ0) is 6.58. The van der Waals surface area contributed by atoms with Crippen LogP contribution >= 0.6 is 0 Å². The summed E-state index contributed by atoms with van der Waals surface area (Å²) in [4.78, 5) is 0. The van der Waals surface area contributed by atoms with E-state index in [1.54, 1.807) is 0 Å². The number of nitrogens with two attached hydrogens (primary N) is 5. The Kier molecular flexibility index (Phi) is 0.774. The molecule has 5 nitrogen and oxygen atoms in total. The highest BCUT2D eigenvalue weighted by Gasteiger charge is 2.67. The van der Waals surface area contributed by atoms with Crippen LogP contribution in [0.25, 0.3) is 0 Å². The summed E-state index contributed by atoms with van der Waals surface area (Å²) in [5.41, 5.74) is 24.3. The fourth-order valence-electron chi connectivity index (χ4n) is 0.600. The molecule has 0 amide bonds.